The van der Waals surface area contributed by atoms with E-state index in [2.05, 4.69) is 25.2 Å². The lowest BCUT2D eigenvalue weighted by atomic mass is 9.95. The minimum atomic E-state index is -0.363. The Bertz CT molecular complexity index is 1300. The number of hydrogen-bond donors (Lipinski definition) is 2. The average Bonchev–Trinajstić information content (AvgIpc) is 3.20. The Kier molecular flexibility index (Phi) is 5.64. The van der Waals surface area contributed by atoms with Crippen LogP contribution in [-0.4, -0.2) is 33.9 Å². The third-order valence-electron chi connectivity index (χ3n) is 5.95. The number of carbonyl (C=O) groups excluding carboxylic acids is 1. The maximum Gasteiger partial charge on any atom is 0.227 e. The number of H-pyrrole nitrogens is 1. The number of nitrogens with one attached hydrogen (secondary N) is 2. The van der Waals surface area contributed by atoms with E-state index < -0.39 is 0 Å². The lowest BCUT2D eigenvalue weighted by molar-refractivity contribution is -0.120. The number of carbonyl (C=O) groups is 1. The van der Waals surface area contributed by atoms with E-state index in [0.717, 1.165) is 48.3 Å². The van der Waals surface area contributed by atoms with Crippen molar-refractivity contribution in [3.8, 4) is 11.5 Å². The second-order valence-electron chi connectivity index (χ2n) is 8.23. The maximum absolute atomic E-state index is 13.4. The van der Waals surface area contributed by atoms with Crippen LogP contribution in [0.25, 0.3) is 11.0 Å². The smallest absolute Gasteiger partial charge is 0.227 e. The van der Waals surface area contributed by atoms with E-state index in [1.807, 2.05) is 19.2 Å². The zero-order chi connectivity index (χ0) is 22.8. The van der Waals surface area contributed by atoms with Gasteiger partial charge in [-0.1, -0.05) is 12.1 Å². The molecule has 168 valence electrons. The minimum absolute atomic E-state index is 0.0109. The summed E-state index contributed by atoms with van der Waals surface area (Å²) in [6, 6.07) is 13.1. The number of benzene rings is 2. The lowest BCUT2D eigenvalue weighted by Gasteiger charge is -2.32. The average molecular weight is 445 g/mol. The van der Waals surface area contributed by atoms with Crippen LogP contribution in [0.3, 0.4) is 0 Å². The van der Waals surface area contributed by atoms with Crippen LogP contribution in [0.5, 0.6) is 11.5 Å². The summed E-state index contributed by atoms with van der Waals surface area (Å²) in [6.45, 7) is 3.53. The predicted octanol–water partition coefficient (Wildman–Crippen LogP) is 5.05. The summed E-state index contributed by atoms with van der Waals surface area (Å²) < 4.78 is 19.1. The Hall–Kier alpha value is -3.94. The molecule has 1 fully saturated rings. The van der Waals surface area contributed by atoms with Gasteiger partial charge in [-0.3, -0.25) is 4.79 Å². The first kappa shape index (κ1) is 20.9. The Morgan fingerprint density at radius 3 is 2.67 bits per heavy atom. The SMILES string of the molecule is Cc1c[nH]c2ncnc(N3CCC(C(=O)Nc4cccc(Oc5cccc(F)c5)c4)CC3)c12. The molecule has 5 rings (SSSR count). The summed E-state index contributed by atoms with van der Waals surface area (Å²) in [6.07, 6.45) is 4.99. The summed E-state index contributed by atoms with van der Waals surface area (Å²) in [7, 11) is 0. The highest BCUT2D eigenvalue weighted by atomic mass is 19.1. The molecule has 0 atom stereocenters. The molecule has 1 amide bonds. The van der Waals surface area contributed by atoms with Gasteiger partial charge in [0.2, 0.25) is 5.91 Å². The van der Waals surface area contributed by atoms with Gasteiger partial charge in [0.15, 0.2) is 0 Å². The lowest BCUT2D eigenvalue weighted by Crippen LogP contribution is -2.38. The Balaban J connectivity index is 1.21. The Morgan fingerprint density at radius 2 is 1.88 bits per heavy atom. The Labute approximate surface area is 190 Å². The highest BCUT2D eigenvalue weighted by Crippen LogP contribution is 2.30. The second-order valence-corrected chi connectivity index (χ2v) is 8.23. The van der Waals surface area contributed by atoms with E-state index in [1.54, 1.807) is 36.7 Å². The Morgan fingerprint density at radius 1 is 1.12 bits per heavy atom. The van der Waals surface area contributed by atoms with Gasteiger partial charge in [-0.25, -0.2) is 14.4 Å². The van der Waals surface area contributed by atoms with Gasteiger partial charge in [-0.05, 0) is 49.6 Å². The van der Waals surface area contributed by atoms with Crippen LogP contribution in [0.1, 0.15) is 18.4 Å². The first-order chi connectivity index (χ1) is 16.1. The molecule has 0 spiro atoms. The molecule has 0 aliphatic carbocycles. The fourth-order valence-electron chi connectivity index (χ4n) is 4.24. The van der Waals surface area contributed by atoms with Crippen molar-refractivity contribution in [3.63, 3.8) is 0 Å². The van der Waals surface area contributed by atoms with Gasteiger partial charge < -0.3 is 19.9 Å². The molecule has 0 unspecified atom stereocenters. The van der Waals surface area contributed by atoms with Crippen LogP contribution in [0.2, 0.25) is 0 Å². The summed E-state index contributed by atoms with van der Waals surface area (Å²) in [4.78, 5) is 27.1. The third kappa shape index (κ3) is 4.50. The molecule has 1 aliphatic rings. The quantitative estimate of drug-likeness (QED) is 0.449. The number of aryl methyl sites for hydroxylation is 1. The molecule has 7 nitrogen and oxygen atoms in total. The van der Waals surface area contributed by atoms with Crippen molar-refractivity contribution in [3.05, 3.63) is 72.4 Å². The molecule has 1 aliphatic heterocycles. The molecule has 0 bridgehead atoms. The molecular formula is C25H24FN5O2. The van der Waals surface area contributed by atoms with Gasteiger partial charge in [0.05, 0.1) is 5.39 Å². The van der Waals surface area contributed by atoms with Gasteiger partial charge in [0, 0.05) is 43.0 Å². The number of fused-ring (bicyclic) bond motifs is 1. The van der Waals surface area contributed by atoms with Gasteiger partial charge in [0.25, 0.3) is 0 Å². The first-order valence-corrected chi connectivity index (χ1v) is 10.9. The van der Waals surface area contributed by atoms with E-state index >= 15 is 0 Å². The van der Waals surface area contributed by atoms with E-state index in [1.165, 1.54) is 12.1 Å². The number of piperidine rings is 1. The van der Waals surface area contributed by atoms with Crippen LogP contribution in [0, 0.1) is 18.7 Å². The number of nitrogens with zero attached hydrogens (tertiary/aromatic N) is 3. The van der Waals surface area contributed by atoms with Gasteiger partial charge in [0.1, 0.15) is 35.1 Å². The number of anilines is 2. The van der Waals surface area contributed by atoms with E-state index in [-0.39, 0.29) is 17.6 Å². The molecule has 8 heteroatoms. The van der Waals surface area contributed by atoms with Crippen LogP contribution in [0.4, 0.5) is 15.9 Å². The molecule has 2 N–H and O–H groups in total. The van der Waals surface area contributed by atoms with Crippen molar-refractivity contribution in [2.24, 2.45) is 5.92 Å². The molecule has 3 heterocycles. The van der Waals surface area contributed by atoms with Gasteiger partial charge in [-0.15, -0.1) is 0 Å². The fraction of sp³-hybridized carbons (Fsp3) is 0.240. The summed E-state index contributed by atoms with van der Waals surface area (Å²) in [5.41, 5.74) is 2.59. The van der Waals surface area contributed by atoms with Crippen LogP contribution >= 0.6 is 0 Å². The number of amides is 1. The van der Waals surface area contributed by atoms with Crippen molar-refractivity contribution in [1.82, 2.24) is 15.0 Å². The molecule has 1 saturated heterocycles. The number of halogens is 1. The molecular weight excluding hydrogens is 421 g/mol. The standard InChI is InChI=1S/C25H24FN5O2/c1-16-14-27-23-22(16)24(29-15-28-23)31-10-8-17(9-11-31)25(32)30-19-5-3-7-21(13-19)33-20-6-2-4-18(26)12-20/h2-7,12-15,17H,8-11H2,1H3,(H,30,32)(H,27,28,29). The topological polar surface area (TPSA) is 83.1 Å². The summed E-state index contributed by atoms with van der Waals surface area (Å²) >= 11 is 0. The first-order valence-electron chi connectivity index (χ1n) is 10.9. The highest BCUT2D eigenvalue weighted by molar-refractivity contribution is 5.93. The number of ether oxygens (including phenoxy) is 1. The van der Waals surface area contributed by atoms with E-state index in [4.69, 9.17) is 4.74 Å². The third-order valence-corrected chi connectivity index (χ3v) is 5.95. The monoisotopic (exact) mass is 445 g/mol. The summed E-state index contributed by atoms with van der Waals surface area (Å²) in [5.74, 6) is 1.39. The molecule has 2 aromatic heterocycles. The van der Waals surface area contributed by atoms with Crippen molar-refractivity contribution < 1.29 is 13.9 Å². The molecule has 0 saturated carbocycles. The second kappa shape index (κ2) is 8.90. The van der Waals surface area contributed by atoms with E-state index in [9.17, 15) is 9.18 Å². The van der Waals surface area contributed by atoms with Crippen molar-refractivity contribution in [1.29, 1.82) is 0 Å². The van der Waals surface area contributed by atoms with Gasteiger partial charge in [-0.2, -0.15) is 0 Å². The molecule has 2 aromatic carbocycles. The number of aromatic amines is 1. The minimum Gasteiger partial charge on any atom is -0.457 e. The normalized spacial score (nSPS) is 14.4. The number of aromatic nitrogens is 3. The predicted molar refractivity (Wildman–Crippen MR) is 125 cm³/mol. The number of hydrogen-bond acceptors (Lipinski definition) is 5. The zero-order valence-electron chi connectivity index (χ0n) is 18.2. The van der Waals surface area contributed by atoms with Crippen LogP contribution in [0.15, 0.2) is 61.1 Å². The molecule has 0 radical (unpaired) electrons. The van der Waals surface area contributed by atoms with Crippen LogP contribution < -0.4 is 15.0 Å². The molecule has 33 heavy (non-hydrogen) atoms. The van der Waals surface area contributed by atoms with Crippen molar-refractivity contribution >= 4 is 28.4 Å². The van der Waals surface area contributed by atoms with E-state index in [0.29, 0.717) is 17.2 Å². The zero-order valence-corrected chi connectivity index (χ0v) is 18.2. The van der Waals surface area contributed by atoms with Crippen LogP contribution in [-0.2, 0) is 4.79 Å². The molecule has 4 aromatic rings. The highest BCUT2D eigenvalue weighted by Gasteiger charge is 2.27. The number of rotatable bonds is 5. The van der Waals surface area contributed by atoms with Crippen molar-refractivity contribution in [2.75, 3.05) is 23.3 Å². The van der Waals surface area contributed by atoms with Gasteiger partial charge >= 0.3 is 0 Å². The largest absolute Gasteiger partial charge is 0.457 e. The maximum atomic E-state index is 13.4. The summed E-state index contributed by atoms with van der Waals surface area (Å²) in [5, 5.41) is 4.03. The fourth-order valence-corrected chi connectivity index (χ4v) is 4.24. The van der Waals surface area contributed by atoms with Crippen molar-refractivity contribution in [2.45, 2.75) is 19.8 Å².